The van der Waals surface area contributed by atoms with Crippen molar-refractivity contribution in [2.45, 2.75) is 6.92 Å². The molecule has 0 atom stereocenters. The minimum absolute atomic E-state index is 0.286. The standard InChI is InChI=1S/C20H14Cl2N4OS/c1-12-9-18(24-19(27)15-8-7-14(21)10-16(15)22)26(25-12)20-23-17(11-28-20)13-5-3-2-4-6-13/h2-11H,1H3,(H,24,27). The number of aryl methyl sites for hydroxylation is 1. The average Bonchev–Trinajstić information content (AvgIpc) is 3.29. The maximum Gasteiger partial charge on any atom is 0.258 e. The second-order valence-electron chi connectivity index (χ2n) is 6.04. The van der Waals surface area contributed by atoms with Gasteiger partial charge in [0.25, 0.3) is 5.91 Å². The van der Waals surface area contributed by atoms with Crippen LogP contribution < -0.4 is 5.32 Å². The molecule has 0 aliphatic heterocycles. The third kappa shape index (κ3) is 3.80. The Labute approximate surface area is 175 Å². The highest BCUT2D eigenvalue weighted by Crippen LogP contribution is 2.27. The first-order chi connectivity index (χ1) is 13.5. The molecular formula is C20H14Cl2N4OS. The van der Waals surface area contributed by atoms with Crippen LogP contribution >= 0.6 is 34.5 Å². The lowest BCUT2D eigenvalue weighted by molar-refractivity contribution is 0.102. The molecular weight excluding hydrogens is 415 g/mol. The van der Waals surface area contributed by atoms with Crippen molar-refractivity contribution >= 4 is 46.3 Å². The van der Waals surface area contributed by atoms with Crippen LogP contribution in [-0.2, 0) is 0 Å². The molecule has 0 aliphatic carbocycles. The predicted molar refractivity (Wildman–Crippen MR) is 114 cm³/mol. The number of rotatable bonds is 4. The minimum Gasteiger partial charge on any atom is -0.306 e. The van der Waals surface area contributed by atoms with Gasteiger partial charge in [0.2, 0.25) is 5.13 Å². The average molecular weight is 429 g/mol. The molecule has 5 nitrogen and oxygen atoms in total. The van der Waals surface area contributed by atoms with Gasteiger partial charge in [-0.1, -0.05) is 53.5 Å². The third-order valence-corrected chi connectivity index (χ3v) is 5.36. The molecule has 0 spiro atoms. The van der Waals surface area contributed by atoms with E-state index in [4.69, 9.17) is 23.2 Å². The van der Waals surface area contributed by atoms with Crippen molar-refractivity contribution in [1.29, 1.82) is 0 Å². The summed E-state index contributed by atoms with van der Waals surface area (Å²) in [5.74, 6) is 0.171. The number of aromatic nitrogens is 3. The van der Waals surface area contributed by atoms with Crippen molar-refractivity contribution in [3.05, 3.63) is 81.3 Å². The molecule has 2 heterocycles. The van der Waals surface area contributed by atoms with Gasteiger partial charge in [0.15, 0.2) is 0 Å². The van der Waals surface area contributed by atoms with E-state index >= 15 is 0 Å². The van der Waals surface area contributed by atoms with Gasteiger partial charge in [-0.05, 0) is 25.1 Å². The first-order valence-electron chi connectivity index (χ1n) is 8.35. The van der Waals surface area contributed by atoms with Crippen LogP contribution in [0.25, 0.3) is 16.4 Å². The summed E-state index contributed by atoms with van der Waals surface area (Å²) in [5.41, 5.74) is 2.97. The highest BCUT2D eigenvalue weighted by atomic mass is 35.5. The number of benzene rings is 2. The highest BCUT2D eigenvalue weighted by Gasteiger charge is 2.17. The van der Waals surface area contributed by atoms with Crippen LogP contribution in [0.4, 0.5) is 5.82 Å². The molecule has 1 N–H and O–H groups in total. The van der Waals surface area contributed by atoms with E-state index in [1.807, 2.05) is 42.6 Å². The normalized spacial score (nSPS) is 10.8. The van der Waals surface area contributed by atoms with Crippen LogP contribution in [0.15, 0.2) is 60.0 Å². The molecule has 0 saturated heterocycles. The number of halogens is 2. The number of thiazole rings is 1. The lowest BCUT2D eigenvalue weighted by Gasteiger charge is -2.08. The zero-order valence-corrected chi connectivity index (χ0v) is 17.0. The van der Waals surface area contributed by atoms with Gasteiger partial charge in [-0.15, -0.1) is 11.3 Å². The highest BCUT2D eigenvalue weighted by molar-refractivity contribution is 7.12. The quantitative estimate of drug-likeness (QED) is 0.442. The molecule has 0 saturated carbocycles. The number of nitrogens with zero attached hydrogens (tertiary/aromatic N) is 3. The SMILES string of the molecule is Cc1cc(NC(=O)c2ccc(Cl)cc2Cl)n(-c2nc(-c3ccccc3)cs2)n1. The molecule has 4 aromatic rings. The molecule has 1 amide bonds. The Morgan fingerprint density at radius 1 is 1.11 bits per heavy atom. The Morgan fingerprint density at radius 3 is 2.64 bits per heavy atom. The van der Waals surface area contributed by atoms with Crippen molar-refractivity contribution in [1.82, 2.24) is 14.8 Å². The first kappa shape index (κ1) is 18.7. The van der Waals surface area contributed by atoms with Crippen LogP contribution in [0.1, 0.15) is 16.1 Å². The zero-order valence-electron chi connectivity index (χ0n) is 14.7. The number of nitrogens with one attached hydrogen (secondary N) is 1. The summed E-state index contributed by atoms with van der Waals surface area (Å²) in [4.78, 5) is 17.3. The van der Waals surface area contributed by atoms with Gasteiger partial charge in [0, 0.05) is 22.0 Å². The van der Waals surface area contributed by atoms with Gasteiger partial charge < -0.3 is 5.32 Å². The second kappa shape index (κ2) is 7.75. The van der Waals surface area contributed by atoms with E-state index in [1.165, 1.54) is 17.4 Å². The predicted octanol–water partition coefficient (Wildman–Crippen LogP) is 5.86. The molecule has 4 rings (SSSR count). The van der Waals surface area contributed by atoms with Crippen molar-refractivity contribution < 1.29 is 4.79 Å². The summed E-state index contributed by atoms with van der Waals surface area (Å²) in [7, 11) is 0. The van der Waals surface area contributed by atoms with E-state index < -0.39 is 0 Å². The fourth-order valence-electron chi connectivity index (χ4n) is 2.69. The van der Waals surface area contributed by atoms with E-state index in [2.05, 4.69) is 15.4 Å². The van der Waals surface area contributed by atoms with E-state index in [0.717, 1.165) is 17.0 Å². The lowest BCUT2D eigenvalue weighted by atomic mass is 10.2. The van der Waals surface area contributed by atoms with Gasteiger partial charge in [-0.2, -0.15) is 9.78 Å². The fraction of sp³-hybridized carbons (Fsp3) is 0.0500. The van der Waals surface area contributed by atoms with Crippen LogP contribution in [0.2, 0.25) is 10.0 Å². The third-order valence-electron chi connectivity index (χ3n) is 3.99. The number of anilines is 1. The van der Waals surface area contributed by atoms with Gasteiger partial charge >= 0.3 is 0 Å². The molecule has 0 radical (unpaired) electrons. The van der Waals surface area contributed by atoms with Crippen LogP contribution in [0.5, 0.6) is 0 Å². The summed E-state index contributed by atoms with van der Waals surface area (Å²) < 4.78 is 1.62. The van der Waals surface area contributed by atoms with E-state index in [0.29, 0.717) is 21.5 Å². The Hall–Kier alpha value is -2.67. The van der Waals surface area contributed by atoms with Gasteiger partial charge in [-0.25, -0.2) is 4.98 Å². The largest absolute Gasteiger partial charge is 0.306 e. The number of hydrogen-bond acceptors (Lipinski definition) is 4. The fourth-order valence-corrected chi connectivity index (χ4v) is 3.98. The molecule has 0 fully saturated rings. The summed E-state index contributed by atoms with van der Waals surface area (Å²) >= 11 is 13.5. The molecule has 28 heavy (non-hydrogen) atoms. The number of hydrogen-bond donors (Lipinski definition) is 1. The van der Waals surface area contributed by atoms with E-state index in [1.54, 1.807) is 22.9 Å². The zero-order chi connectivity index (χ0) is 19.7. The Balaban J connectivity index is 1.64. The van der Waals surface area contributed by atoms with Crippen LogP contribution in [0.3, 0.4) is 0 Å². The maximum absolute atomic E-state index is 12.7. The molecule has 140 valence electrons. The van der Waals surface area contributed by atoms with Crippen molar-refractivity contribution in [2.75, 3.05) is 5.32 Å². The summed E-state index contributed by atoms with van der Waals surface area (Å²) in [6, 6.07) is 16.4. The summed E-state index contributed by atoms with van der Waals surface area (Å²) in [6.45, 7) is 1.85. The number of carbonyl (C=O) groups excluding carboxylic acids is 1. The van der Waals surface area contributed by atoms with Crippen LogP contribution in [0, 0.1) is 6.92 Å². The molecule has 2 aromatic carbocycles. The summed E-state index contributed by atoms with van der Waals surface area (Å²) in [6.07, 6.45) is 0. The molecule has 0 unspecified atom stereocenters. The monoisotopic (exact) mass is 428 g/mol. The van der Waals surface area contributed by atoms with Gasteiger partial charge in [0.1, 0.15) is 5.82 Å². The first-order valence-corrected chi connectivity index (χ1v) is 9.99. The number of amides is 1. The molecule has 0 bridgehead atoms. The second-order valence-corrected chi connectivity index (χ2v) is 7.72. The smallest absolute Gasteiger partial charge is 0.258 e. The van der Waals surface area contributed by atoms with E-state index in [-0.39, 0.29) is 10.9 Å². The lowest BCUT2D eigenvalue weighted by Crippen LogP contribution is -2.15. The Kier molecular flexibility index (Phi) is 5.17. The van der Waals surface area contributed by atoms with Gasteiger partial charge in [0.05, 0.1) is 22.0 Å². The Morgan fingerprint density at radius 2 is 1.89 bits per heavy atom. The van der Waals surface area contributed by atoms with Crippen molar-refractivity contribution in [3.8, 4) is 16.4 Å². The molecule has 0 aliphatic rings. The maximum atomic E-state index is 12.7. The van der Waals surface area contributed by atoms with Crippen molar-refractivity contribution in [3.63, 3.8) is 0 Å². The van der Waals surface area contributed by atoms with Gasteiger partial charge in [-0.3, -0.25) is 4.79 Å². The Bertz CT molecular complexity index is 1150. The topological polar surface area (TPSA) is 59.8 Å². The minimum atomic E-state index is -0.345. The molecule has 2 aromatic heterocycles. The van der Waals surface area contributed by atoms with Crippen molar-refractivity contribution in [2.24, 2.45) is 0 Å². The number of carbonyl (C=O) groups is 1. The summed E-state index contributed by atoms with van der Waals surface area (Å²) in [5, 5.41) is 10.7. The van der Waals surface area contributed by atoms with Crippen LogP contribution in [-0.4, -0.2) is 20.7 Å². The molecule has 8 heteroatoms. The van der Waals surface area contributed by atoms with E-state index in [9.17, 15) is 4.79 Å².